The van der Waals surface area contributed by atoms with Crippen molar-refractivity contribution in [1.29, 1.82) is 0 Å². The molecule has 0 bridgehead atoms. The Morgan fingerprint density at radius 2 is 1.71 bits per heavy atom. The Bertz CT molecular complexity index is 1440. The molecule has 2 aromatic heterocycles. The summed E-state index contributed by atoms with van der Waals surface area (Å²) in [5.74, 6) is 1.88. The molecular weight excluding hydrogens is 477 g/mol. The summed E-state index contributed by atoms with van der Waals surface area (Å²) < 4.78 is 27.4. The van der Waals surface area contributed by atoms with Gasteiger partial charge in [-0.3, -0.25) is 4.57 Å². The number of para-hydroxylation sites is 1. The molecule has 7 nitrogen and oxygen atoms in total. The van der Waals surface area contributed by atoms with Gasteiger partial charge in [-0.2, -0.15) is 0 Å². The Hall–Kier alpha value is -3.69. The molecule has 0 amide bonds. The molecule has 2 heterocycles. The SMILES string of the molecule is COc1ccc(-c2nnc(CSc3nnc(-c4ccccc4Cl)n3-c3ccccc3F)o2)cc1. The zero-order chi connectivity index (χ0) is 23.5. The standard InChI is InChI=1S/C24H17ClFN5O2S/c1-32-16-12-10-15(11-13-16)23-29-27-21(33-23)14-34-24-30-28-22(17-6-2-3-7-18(17)25)31(24)20-9-5-4-8-19(20)26/h2-13H,14H2,1H3. The number of halogens is 2. The number of methoxy groups -OCH3 is 1. The monoisotopic (exact) mass is 493 g/mol. The normalized spacial score (nSPS) is 11.0. The van der Waals surface area contributed by atoms with E-state index in [1.807, 2.05) is 42.5 Å². The third-order valence-corrected chi connectivity index (χ3v) is 6.21. The smallest absolute Gasteiger partial charge is 0.247 e. The van der Waals surface area contributed by atoms with Crippen LogP contribution >= 0.6 is 23.4 Å². The van der Waals surface area contributed by atoms with Crippen LogP contribution in [0.4, 0.5) is 4.39 Å². The summed E-state index contributed by atoms with van der Waals surface area (Å²) in [6.07, 6.45) is 0. The Morgan fingerprint density at radius 1 is 0.941 bits per heavy atom. The Morgan fingerprint density at radius 3 is 2.47 bits per heavy atom. The zero-order valence-corrected chi connectivity index (χ0v) is 19.4. The maximum Gasteiger partial charge on any atom is 0.247 e. The summed E-state index contributed by atoms with van der Waals surface area (Å²) >= 11 is 7.70. The molecule has 170 valence electrons. The van der Waals surface area contributed by atoms with Crippen molar-refractivity contribution in [2.75, 3.05) is 7.11 Å². The molecule has 0 saturated heterocycles. The molecule has 0 N–H and O–H groups in total. The van der Waals surface area contributed by atoms with Crippen molar-refractivity contribution in [2.45, 2.75) is 10.9 Å². The van der Waals surface area contributed by atoms with Gasteiger partial charge in [0.1, 0.15) is 11.6 Å². The van der Waals surface area contributed by atoms with E-state index in [2.05, 4.69) is 20.4 Å². The van der Waals surface area contributed by atoms with Crippen LogP contribution in [-0.2, 0) is 5.75 Å². The van der Waals surface area contributed by atoms with Crippen LogP contribution in [0.3, 0.4) is 0 Å². The van der Waals surface area contributed by atoms with Crippen molar-refractivity contribution >= 4 is 23.4 Å². The predicted molar refractivity (Wildman–Crippen MR) is 128 cm³/mol. The van der Waals surface area contributed by atoms with E-state index in [1.165, 1.54) is 17.8 Å². The lowest BCUT2D eigenvalue weighted by Gasteiger charge is -2.11. The highest BCUT2D eigenvalue weighted by atomic mass is 35.5. The fraction of sp³-hybridized carbons (Fsp3) is 0.0833. The predicted octanol–water partition coefficient (Wildman–Crippen LogP) is 6.08. The summed E-state index contributed by atoms with van der Waals surface area (Å²) in [5, 5.41) is 17.8. The van der Waals surface area contributed by atoms with E-state index < -0.39 is 5.82 Å². The summed E-state index contributed by atoms with van der Waals surface area (Å²) in [7, 11) is 1.61. The number of hydrogen-bond donors (Lipinski definition) is 0. The van der Waals surface area contributed by atoms with Crippen molar-refractivity contribution in [3.8, 4) is 34.3 Å². The first-order valence-corrected chi connectivity index (χ1v) is 11.5. The molecule has 0 aliphatic carbocycles. The van der Waals surface area contributed by atoms with E-state index in [4.69, 9.17) is 20.8 Å². The van der Waals surface area contributed by atoms with Crippen LogP contribution < -0.4 is 4.74 Å². The average molecular weight is 494 g/mol. The van der Waals surface area contributed by atoms with Gasteiger partial charge in [0.05, 0.1) is 23.6 Å². The quantitative estimate of drug-likeness (QED) is 0.254. The fourth-order valence-corrected chi connectivity index (χ4v) is 4.32. The summed E-state index contributed by atoms with van der Waals surface area (Å²) in [5.41, 5.74) is 1.74. The molecule has 0 aliphatic rings. The molecule has 0 spiro atoms. The van der Waals surface area contributed by atoms with Crippen molar-refractivity contribution in [3.05, 3.63) is 89.5 Å². The van der Waals surface area contributed by atoms with E-state index in [0.29, 0.717) is 44.8 Å². The molecule has 0 saturated carbocycles. The second-order valence-corrected chi connectivity index (χ2v) is 8.44. The molecular formula is C24H17ClFN5O2S. The number of nitrogens with zero attached hydrogens (tertiary/aromatic N) is 5. The van der Waals surface area contributed by atoms with Crippen LogP contribution in [0.1, 0.15) is 5.89 Å². The lowest BCUT2D eigenvalue weighted by molar-refractivity contribution is 0.415. The summed E-state index contributed by atoms with van der Waals surface area (Å²) in [4.78, 5) is 0. The minimum atomic E-state index is -0.406. The molecule has 0 atom stereocenters. The second-order valence-electron chi connectivity index (χ2n) is 7.09. The van der Waals surface area contributed by atoms with Gasteiger partial charge in [-0.25, -0.2) is 4.39 Å². The number of aromatic nitrogens is 5. The van der Waals surface area contributed by atoms with E-state index in [0.717, 1.165) is 11.3 Å². The third kappa shape index (κ3) is 4.40. The number of benzene rings is 3. The molecule has 0 radical (unpaired) electrons. The molecule has 0 unspecified atom stereocenters. The average Bonchev–Trinajstić information content (AvgIpc) is 3.51. The number of ether oxygens (including phenoxy) is 1. The first-order valence-electron chi connectivity index (χ1n) is 10.2. The molecule has 5 aromatic rings. The van der Waals surface area contributed by atoms with Crippen LogP contribution in [-0.4, -0.2) is 32.1 Å². The first-order chi connectivity index (χ1) is 16.6. The highest BCUT2D eigenvalue weighted by molar-refractivity contribution is 7.98. The minimum absolute atomic E-state index is 0.314. The van der Waals surface area contributed by atoms with E-state index in [1.54, 1.807) is 35.9 Å². The summed E-state index contributed by atoms with van der Waals surface area (Å²) in [6.45, 7) is 0. The van der Waals surface area contributed by atoms with Gasteiger partial charge in [-0.05, 0) is 48.5 Å². The highest BCUT2D eigenvalue weighted by Gasteiger charge is 2.21. The van der Waals surface area contributed by atoms with Gasteiger partial charge >= 0.3 is 0 Å². The van der Waals surface area contributed by atoms with E-state index in [-0.39, 0.29) is 0 Å². The van der Waals surface area contributed by atoms with Gasteiger partial charge in [0, 0.05) is 11.1 Å². The zero-order valence-electron chi connectivity index (χ0n) is 17.9. The van der Waals surface area contributed by atoms with E-state index in [9.17, 15) is 4.39 Å². The molecule has 0 aliphatic heterocycles. The van der Waals surface area contributed by atoms with E-state index >= 15 is 0 Å². The molecule has 3 aromatic carbocycles. The van der Waals surface area contributed by atoms with Gasteiger partial charge < -0.3 is 9.15 Å². The van der Waals surface area contributed by atoms with Gasteiger partial charge in [0.25, 0.3) is 0 Å². The Kier molecular flexibility index (Phi) is 6.29. The first kappa shape index (κ1) is 22.1. The molecule has 10 heteroatoms. The van der Waals surface area contributed by atoms with Crippen LogP contribution in [0.25, 0.3) is 28.5 Å². The van der Waals surface area contributed by atoms with Crippen LogP contribution in [0.15, 0.2) is 82.4 Å². The van der Waals surface area contributed by atoms with Crippen LogP contribution in [0.2, 0.25) is 5.02 Å². The lowest BCUT2D eigenvalue weighted by Crippen LogP contribution is -2.02. The maximum absolute atomic E-state index is 14.8. The van der Waals surface area contributed by atoms with Crippen LogP contribution in [0, 0.1) is 5.82 Å². The lowest BCUT2D eigenvalue weighted by atomic mass is 10.2. The third-order valence-electron chi connectivity index (χ3n) is 4.97. The van der Waals surface area contributed by atoms with Crippen LogP contribution in [0.5, 0.6) is 5.75 Å². The largest absolute Gasteiger partial charge is 0.497 e. The maximum atomic E-state index is 14.8. The van der Waals surface area contributed by atoms with Gasteiger partial charge in [0.15, 0.2) is 11.0 Å². The number of thioether (sulfide) groups is 1. The molecule has 5 rings (SSSR count). The Labute approximate surface area is 203 Å². The molecule has 34 heavy (non-hydrogen) atoms. The topological polar surface area (TPSA) is 78.9 Å². The molecule has 0 fully saturated rings. The fourth-order valence-electron chi connectivity index (χ4n) is 3.32. The van der Waals surface area contributed by atoms with Crippen molar-refractivity contribution in [2.24, 2.45) is 0 Å². The summed E-state index contributed by atoms with van der Waals surface area (Å²) in [6, 6.07) is 21.0. The van der Waals surface area contributed by atoms with Crippen molar-refractivity contribution < 1.29 is 13.5 Å². The highest BCUT2D eigenvalue weighted by Crippen LogP contribution is 2.34. The van der Waals surface area contributed by atoms with Gasteiger partial charge in [0.2, 0.25) is 11.8 Å². The number of rotatable bonds is 7. The van der Waals surface area contributed by atoms with Crippen molar-refractivity contribution in [3.63, 3.8) is 0 Å². The Balaban J connectivity index is 1.45. The number of hydrogen-bond acceptors (Lipinski definition) is 7. The minimum Gasteiger partial charge on any atom is -0.497 e. The van der Waals surface area contributed by atoms with Gasteiger partial charge in [-0.1, -0.05) is 47.6 Å². The second kappa shape index (κ2) is 9.66. The van der Waals surface area contributed by atoms with Crippen molar-refractivity contribution in [1.82, 2.24) is 25.0 Å². The van der Waals surface area contributed by atoms with Gasteiger partial charge in [-0.15, -0.1) is 20.4 Å².